The monoisotopic (exact) mass is 321 g/mol. The van der Waals surface area contributed by atoms with E-state index in [1.165, 1.54) is 19.3 Å². The van der Waals surface area contributed by atoms with Gasteiger partial charge in [0, 0.05) is 25.4 Å². The summed E-state index contributed by atoms with van der Waals surface area (Å²) in [5, 5.41) is 23.0. The summed E-state index contributed by atoms with van der Waals surface area (Å²) in [6, 6.07) is 0. The zero-order chi connectivity index (χ0) is 16.1. The molecular formula is C16H35NO3S. The molecule has 0 amide bonds. The van der Waals surface area contributed by atoms with Crippen molar-refractivity contribution in [1.29, 1.82) is 0 Å². The van der Waals surface area contributed by atoms with E-state index in [4.69, 9.17) is 4.74 Å². The lowest BCUT2D eigenvalue weighted by atomic mass is 10.0. The molecule has 0 aliphatic rings. The Morgan fingerprint density at radius 1 is 1.29 bits per heavy atom. The van der Waals surface area contributed by atoms with Crippen LogP contribution >= 0.6 is 11.8 Å². The number of hydrogen-bond acceptors (Lipinski definition) is 5. The summed E-state index contributed by atoms with van der Waals surface area (Å²) in [4.78, 5) is 0. The molecule has 0 aromatic heterocycles. The zero-order valence-corrected chi connectivity index (χ0v) is 15.0. The van der Waals surface area contributed by atoms with Crippen molar-refractivity contribution in [1.82, 2.24) is 5.32 Å². The summed E-state index contributed by atoms with van der Waals surface area (Å²) in [5.74, 6) is 1.29. The van der Waals surface area contributed by atoms with E-state index in [1.54, 1.807) is 18.7 Å². The van der Waals surface area contributed by atoms with Crippen LogP contribution in [0.2, 0.25) is 0 Å². The SMILES string of the molecule is CCCCC(CC)COCC(O)CNCC(C)(O)CSC. The second-order valence-corrected chi connectivity index (χ2v) is 7.03. The van der Waals surface area contributed by atoms with Crippen LogP contribution in [0.15, 0.2) is 0 Å². The largest absolute Gasteiger partial charge is 0.389 e. The van der Waals surface area contributed by atoms with E-state index in [1.807, 2.05) is 6.26 Å². The summed E-state index contributed by atoms with van der Waals surface area (Å²) < 4.78 is 5.62. The summed E-state index contributed by atoms with van der Waals surface area (Å²) in [6.07, 6.45) is 6.26. The van der Waals surface area contributed by atoms with Crippen LogP contribution in [0.3, 0.4) is 0 Å². The van der Waals surface area contributed by atoms with E-state index in [-0.39, 0.29) is 0 Å². The molecule has 0 radical (unpaired) electrons. The normalized spacial score (nSPS) is 17.4. The van der Waals surface area contributed by atoms with Crippen LogP contribution in [0.5, 0.6) is 0 Å². The lowest BCUT2D eigenvalue weighted by Gasteiger charge is -2.23. The number of hydrogen-bond donors (Lipinski definition) is 3. The minimum atomic E-state index is -0.729. The van der Waals surface area contributed by atoms with Crippen LogP contribution in [-0.2, 0) is 4.74 Å². The first-order chi connectivity index (χ1) is 9.95. The highest BCUT2D eigenvalue weighted by Crippen LogP contribution is 2.13. The van der Waals surface area contributed by atoms with Gasteiger partial charge in [0.25, 0.3) is 0 Å². The number of aliphatic hydroxyl groups excluding tert-OH is 1. The predicted molar refractivity (Wildman–Crippen MR) is 92.0 cm³/mol. The quantitative estimate of drug-likeness (QED) is 0.458. The number of thioether (sulfide) groups is 1. The van der Waals surface area contributed by atoms with Gasteiger partial charge in [-0.1, -0.05) is 33.1 Å². The minimum absolute atomic E-state index is 0.361. The van der Waals surface area contributed by atoms with E-state index in [9.17, 15) is 10.2 Å². The van der Waals surface area contributed by atoms with Gasteiger partial charge < -0.3 is 20.3 Å². The van der Waals surface area contributed by atoms with Gasteiger partial charge in [0.1, 0.15) is 0 Å². The Hall–Kier alpha value is 0.190. The Morgan fingerprint density at radius 3 is 2.57 bits per heavy atom. The summed E-state index contributed by atoms with van der Waals surface area (Å²) in [5.41, 5.74) is -0.729. The van der Waals surface area contributed by atoms with Gasteiger partial charge in [-0.15, -0.1) is 0 Å². The number of unbranched alkanes of at least 4 members (excludes halogenated alkanes) is 1. The van der Waals surface area contributed by atoms with Gasteiger partial charge >= 0.3 is 0 Å². The highest BCUT2D eigenvalue weighted by atomic mass is 32.2. The van der Waals surface area contributed by atoms with Crippen LogP contribution in [0.1, 0.15) is 46.5 Å². The molecule has 3 N–H and O–H groups in total. The van der Waals surface area contributed by atoms with E-state index in [2.05, 4.69) is 19.2 Å². The smallest absolute Gasteiger partial charge is 0.0897 e. The third-order valence-corrected chi connectivity index (χ3v) is 4.46. The second-order valence-electron chi connectivity index (χ2n) is 6.17. The van der Waals surface area contributed by atoms with Gasteiger partial charge in [0.15, 0.2) is 0 Å². The van der Waals surface area contributed by atoms with Crippen molar-refractivity contribution in [3.63, 3.8) is 0 Å². The molecule has 0 saturated carbocycles. The molecule has 0 aliphatic heterocycles. The molecule has 0 fully saturated rings. The number of nitrogens with one attached hydrogen (secondary N) is 1. The van der Waals surface area contributed by atoms with Crippen molar-refractivity contribution in [2.24, 2.45) is 5.92 Å². The standard InChI is InChI=1S/C16H35NO3S/c1-5-7-8-14(6-2)10-20-11-15(18)9-17-12-16(3,19)13-21-4/h14-15,17-19H,5-13H2,1-4H3. The van der Waals surface area contributed by atoms with Gasteiger partial charge in [-0.05, 0) is 25.5 Å². The molecule has 0 aromatic rings. The van der Waals surface area contributed by atoms with Crippen molar-refractivity contribution < 1.29 is 14.9 Å². The van der Waals surface area contributed by atoms with Crippen LogP contribution in [-0.4, -0.2) is 60.2 Å². The maximum atomic E-state index is 9.99. The van der Waals surface area contributed by atoms with Gasteiger partial charge in [-0.2, -0.15) is 11.8 Å². The van der Waals surface area contributed by atoms with Gasteiger partial charge in [-0.25, -0.2) is 0 Å². The fraction of sp³-hybridized carbons (Fsp3) is 1.00. The third-order valence-electron chi connectivity index (χ3n) is 3.55. The molecule has 128 valence electrons. The molecule has 5 heteroatoms. The minimum Gasteiger partial charge on any atom is -0.389 e. The molecule has 0 saturated heterocycles. The van der Waals surface area contributed by atoms with Gasteiger partial charge in [-0.3, -0.25) is 0 Å². The first kappa shape index (κ1) is 21.2. The molecule has 0 bridgehead atoms. The Morgan fingerprint density at radius 2 is 2.00 bits per heavy atom. The van der Waals surface area contributed by atoms with Crippen LogP contribution < -0.4 is 5.32 Å². The summed E-state index contributed by atoms with van der Waals surface area (Å²) in [7, 11) is 0. The van der Waals surface area contributed by atoms with E-state index >= 15 is 0 Å². The fourth-order valence-corrected chi connectivity index (χ4v) is 2.92. The molecule has 0 heterocycles. The third kappa shape index (κ3) is 12.4. The van der Waals surface area contributed by atoms with Crippen molar-refractivity contribution in [3.8, 4) is 0 Å². The zero-order valence-electron chi connectivity index (χ0n) is 14.2. The highest BCUT2D eigenvalue weighted by molar-refractivity contribution is 7.98. The second kappa shape index (κ2) is 12.7. The Labute approximate surface area is 135 Å². The van der Waals surface area contributed by atoms with E-state index < -0.39 is 11.7 Å². The van der Waals surface area contributed by atoms with Crippen LogP contribution in [0, 0.1) is 5.92 Å². The molecule has 0 aromatic carbocycles. The number of aliphatic hydroxyl groups is 2. The molecular weight excluding hydrogens is 286 g/mol. The lowest BCUT2D eigenvalue weighted by molar-refractivity contribution is 0.0156. The molecule has 3 unspecified atom stereocenters. The van der Waals surface area contributed by atoms with Crippen molar-refractivity contribution in [3.05, 3.63) is 0 Å². The van der Waals surface area contributed by atoms with Gasteiger partial charge in [0.2, 0.25) is 0 Å². The number of rotatable bonds is 14. The fourth-order valence-electron chi connectivity index (χ4n) is 2.20. The average Bonchev–Trinajstić information content (AvgIpc) is 2.42. The van der Waals surface area contributed by atoms with Crippen molar-refractivity contribution in [2.45, 2.75) is 58.2 Å². The molecule has 3 atom stereocenters. The summed E-state index contributed by atoms with van der Waals surface area (Å²) >= 11 is 1.62. The topological polar surface area (TPSA) is 61.7 Å². The first-order valence-electron chi connectivity index (χ1n) is 8.13. The molecule has 0 spiro atoms. The van der Waals surface area contributed by atoms with E-state index in [0.717, 1.165) is 13.0 Å². The van der Waals surface area contributed by atoms with Crippen LogP contribution in [0.4, 0.5) is 0 Å². The first-order valence-corrected chi connectivity index (χ1v) is 9.52. The Kier molecular flexibility index (Phi) is 12.8. The highest BCUT2D eigenvalue weighted by Gasteiger charge is 2.19. The predicted octanol–water partition coefficient (Wildman–Crippen LogP) is 2.28. The maximum Gasteiger partial charge on any atom is 0.0897 e. The van der Waals surface area contributed by atoms with E-state index in [0.29, 0.717) is 31.4 Å². The lowest BCUT2D eigenvalue weighted by Crippen LogP contribution is -2.43. The van der Waals surface area contributed by atoms with Crippen LogP contribution in [0.25, 0.3) is 0 Å². The Bertz CT molecular complexity index is 240. The molecule has 0 aliphatic carbocycles. The Balaban J connectivity index is 3.68. The molecule has 4 nitrogen and oxygen atoms in total. The van der Waals surface area contributed by atoms with Gasteiger partial charge in [0.05, 0.1) is 18.3 Å². The maximum absolute atomic E-state index is 9.99. The summed E-state index contributed by atoms with van der Waals surface area (Å²) in [6.45, 7) is 8.23. The molecule has 21 heavy (non-hydrogen) atoms. The number of ether oxygens (including phenoxy) is 1. The molecule has 0 rings (SSSR count). The van der Waals surface area contributed by atoms with Crippen molar-refractivity contribution >= 4 is 11.8 Å². The van der Waals surface area contributed by atoms with Crippen molar-refractivity contribution in [2.75, 3.05) is 38.3 Å². The average molecular weight is 322 g/mol.